The van der Waals surface area contributed by atoms with Crippen molar-refractivity contribution in [1.29, 1.82) is 0 Å². The van der Waals surface area contributed by atoms with Crippen LogP contribution in [0.5, 0.6) is 5.75 Å². The molecule has 2 N–H and O–H groups in total. The van der Waals surface area contributed by atoms with Gasteiger partial charge in [0.05, 0.1) is 19.2 Å². The molecule has 1 atom stereocenters. The number of benzene rings is 2. The molecule has 1 heterocycles. The molecule has 0 aliphatic carbocycles. The minimum absolute atomic E-state index is 0.0211. The Balaban J connectivity index is 1.70. The fraction of sp³-hybridized carbons (Fsp3) is 0.263. The zero-order valence-corrected chi connectivity index (χ0v) is 14.1. The Hall–Kier alpha value is -2.70. The van der Waals surface area contributed by atoms with Crippen molar-refractivity contribution in [3.8, 4) is 17.1 Å². The SMILES string of the molecule is COc1ccccc1-c1noc(CNC(CCO)c2ccccc2)n1. The zero-order valence-electron chi connectivity index (χ0n) is 14.1. The number of hydrogen-bond donors (Lipinski definition) is 2. The van der Waals surface area contributed by atoms with Gasteiger partial charge in [0, 0.05) is 12.6 Å². The summed E-state index contributed by atoms with van der Waals surface area (Å²) in [4.78, 5) is 4.43. The average molecular weight is 339 g/mol. The first-order valence-electron chi connectivity index (χ1n) is 8.17. The van der Waals surface area contributed by atoms with E-state index in [0.717, 1.165) is 11.1 Å². The van der Waals surface area contributed by atoms with Crippen LogP contribution in [0.4, 0.5) is 0 Å². The Morgan fingerprint density at radius 1 is 1.12 bits per heavy atom. The molecule has 130 valence electrons. The molecule has 0 spiro atoms. The summed E-state index contributed by atoms with van der Waals surface area (Å²) in [6, 6.07) is 17.5. The first kappa shape index (κ1) is 17.1. The predicted molar refractivity (Wildman–Crippen MR) is 94.0 cm³/mol. The third-order valence-electron chi connectivity index (χ3n) is 3.94. The molecular weight excluding hydrogens is 318 g/mol. The molecule has 6 nitrogen and oxygen atoms in total. The Labute approximate surface area is 146 Å². The maximum atomic E-state index is 9.30. The summed E-state index contributed by atoms with van der Waals surface area (Å²) >= 11 is 0. The van der Waals surface area contributed by atoms with Gasteiger partial charge in [-0.15, -0.1) is 0 Å². The number of nitrogens with one attached hydrogen (secondary N) is 1. The highest BCUT2D eigenvalue weighted by Gasteiger charge is 2.15. The average Bonchev–Trinajstić information content (AvgIpc) is 3.14. The van der Waals surface area contributed by atoms with Crippen LogP contribution in [0, 0.1) is 0 Å². The zero-order chi connectivity index (χ0) is 17.5. The Morgan fingerprint density at radius 3 is 2.64 bits per heavy atom. The first-order chi connectivity index (χ1) is 12.3. The van der Waals surface area contributed by atoms with Gasteiger partial charge in [-0.05, 0) is 24.1 Å². The van der Waals surface area contributed by atoms with E-state index >= 15 is 0 Å². The van der Waals surface area contributed by atoms with E-state index in [2.05, 4.69) is 15.5 Å². The number of para-hydroxylation sites is 1. The van der Waals surface area contributed by atoms with Crippen molar-refractivity contribution in [3.63, 3.8) is 0 Å². The van der Waals surface area contributed by atoms with E-state index in [0.29, 0.717) is 30.4 Å². The van der Waals surface area contributed by atoms with Gasteiger partial charge in [0.1, 0.15) is 5.75 Å². The standard InChI is InChI=1S/C19H21N3O3/c1-24-17-10-6-5-9-15(17)19-21-18(25-22-19)13-20-16(11-12-23)14-7-3-2-4-8-14/h2-10,16,20,23H,11-13H2,1H3. The topological polar surface area (TPSA) is 80.4 Å². The number of aliphatic hydroxyl groups is 1. The van der Waals surface area contributed by atoms with Crippen LogP contribution < -0.4 is 10.1 Å². The number of rotatable bonds is 8. The number of nitrogens with zero attached hydrogens (tertiary/aromatic N) is 2. The molecule has 0 aliphatic rings. The fourth-order valence-corrected chi connectivity index (χ4v) is 2.68. The van der Waals surface area contributed by atoms with E-state index in [1.54, 1.807) is 7.11 Å². The van der Waals surface area contributed by atoms with Crippen molar-refractivity contribution >= 4 is 0 Å². The van der Waals surface area contributed by atoms with E-state index in [1.807, 2.05) is 54.6 Å². The van der Waals surface area contributed by atoms with E-state index in [9.17, 15) is 5.11 Å². The molecule has 0 saturated carbocycles. The number of ether oxygens (including phenoxy) is 1. The predicted octanol–water partition coefficient (Wildman–Crippen LogP) is 2.96. The van der Waals surface area contributed by atoms with Crippen LogP contribution in [0.3, 0.4) is 0 Å². The smallest absolute Gasteiger partial charge is 0.240 e. The second kappa shape index (κ2) is 8.41. The third-order valence-corrected chi connectivity index (χ3v) is 3.94. The van der Waals surface area contributed by atoms with Gasteiger partial charge in [-0.3, -0.25) is 0 Å². The van der Waals surface area contributed by atoms with Gasteiger partial charge in [0.15, 0.2) is 0 Å². The molecular formula is C19H21N3O3. The van der Waals surface area contributed by atoms with Gasteiger partial charge >= 0.3 is 0 Å². The third kappa shape index (κ3) is 4.23. The summed E-state index contributed by atoms with van der Waals surface area (Å²) < 4.78 is 10.7. The monoisotopic (exact) mass is 339 g/mol. The minimum atomic E-state index is 0.0211. The number of hydrogen-bond acceptors (Lipinski definition) is 6. The lowest BCUT2D eigenvalue weighted by Gasteiger charge is -2.16. The second-order valence-corrected chi connectivity index (χ2v) is 5.57. The molecule has 0 aliphatic heterocycles. The van der Waals surface area contributed by atoms with Crippen molar-refractivity contribution in [1.82, 2.24) is 15.5 Å². The lowest BCUT2D eigenvalue weighted by molar-refractivity contribution is 0.261. The highest BCUT2D eigenvalue weighted by atomic mass is 16.5. The van der Waals surface area contributed by atoms with E-state index in [-0.39, 0.29) is 12.6 Å². The van der Waals surface area contributed by atoms with Crippen LogP contribution >= 0.6 is 0 Å². The van der Waals surface area contributed by atoms with Gasteiger partial charge in [0.25, 0.3) is 0 Å². The summed E-state index contributed by atoms with van der Waals surface area (Å²) in [5, 5.41) is 16.7. The van der Waals surface area contributed by atoms with Crippen LogP contribution in [-0.4, -0.2) is 29.0 Å². The maximum Gasteiger partial charge on any atom is 0.240 e. The van der Waals surface area contributed by atoms with E-state index in [4.69, 9.17) is 9.26 Å². The van der Waals surface area contributed by atoms with E-state index in [1.165, 1.54) is 0 Å². The lowest BCUT2D eigenvalue weighted by Crippen LogP contribution is -2.22. The summed E-state index contributed by atoms with van der Waals surface area (Å²) in [7, 11) is 1.61. The molecule has 0 fully saturated rings. The van der Waals surface area contributed by atoms with Crippen molar-refractivity contribution in [2.45, 2.75) is 19.0 Å². The maximum absolute atomic E-state index is 9.30. The molecule has 0 saturated heterocycles. The van der Waals surface area contributed by atoms with Gasteiger partial charge in [-0.1, -0.05) is 47.6 Å². The van der Waals surface area contributed by atoms with Gasteiger partial charge in [-0.25, -0.2) is 0 Å². The number of methoxy groups -OCH3 is 1. The molecule has 0 amide bonds. The summed E-state index contributed by atoms with van der Waals surface area (Å²) in [5.74, 6) is 1.68. The van der Waals surface area contributed by atoms with Crippen LogP contribution in [0.2, 0.25) is 0 Å². The van der Waals surface area contributed by atoms with E-state index < -0.39 is 0 Å². The van der Waals surface area contributed by atoms with Crippen LogP contribution in [0.1, 0.15) is 23.9 Å². The molecule has 1 unspecified atom stereocenters. The molecule has 0 bridgehead atoms. The number of aromatic nitrogens is 2. The summed E-state index contributed by atoms with van der Waals surface area (Å²) in [6.07, 6.45) is 0.609. The van der Waals surface area contributed by atoms with Gasteiger partial charge in [0.2, 0.25) is 11.7 Å². The molecule has 3 aromatic rings. The molecule has 25 heavy (non-hydrogen) atoms. The highest BCUT2D eigenvalue weighted by Crippen LogP contribution is 2.27. The van der Waals surface area contributed by atoms with Crippen molar-refractivity contribution in [3.05, 3.63) is 66.1 Å². The first-order valence-corrected chi connectivity index (χ1v) is 8.17. The minimum Gasteiger partial charge on any atom is -0.496 e. The van der Waals surface area contributed by atoms with Crippen LogP contribution in [0.15, 0.2) is 59.1 Å². The quantitative estimate of drug-likeness (QED) is 0.657. The Bertz CT molecular complexity index is 789. The fourth-order valence-electron chi connectivity index (χ4n) is 2.68. The van der Waals surface area contributed by atoms with Crippen molar-refractivity contribution in [2.75, 3.05) is 13.7 Å². The van der Waals surface area contributed by atoms with Gasteiger partial charge < -0.3 is 19.7 Å². The molecule has 3 rings (SSSR count). The van der Waals surface area contributed by atoms with Crippen LogP contribution in [-0.2, 0) is 6.54 Å². The van der Waals surface area contributed by atoms with Gasteiger partial charge in [-0.2, -0.15) is 4.98 Å². The summed E-state index contributed by atoms with van der Waals surface area (Å²) in [6.45, 7) is 0.518. The molecule has 1 aromatic heterocycles. The largest absolute Gasteiger partial charge is 0.496 e. The van der Waals surface area contributed by atoms with Crippen molar-refractivity contribution in [2.24, 2.45) is 0 Å². The molecule has 0 radical (unpaired) electrons. The number of aliphatic hydroxyl groups excluding tert-OH is 1. The lowest BCUT2D eigenvalue weighted by atomic mass is 10.0. The highest BCUT2D eigenvalue weighted by molar-refractivity contribution is 5.63. The van der Waals surface area contributed by atoms with Crippen molar-refractivity contribution < 1.29 is 14.4 Å². The Kier molecular flexibility index (Phi) is 5.77. The second-order valence-electron chi connectivity index (χ2n) is 5.57. The molecule has 6 heteroatoms. The van der Waals surface area contributed by atoms with Crippen LogP contribution in [0.25, 0.3) is 11.4 Å². The normalized spacial score (nSPS) is 12.1. The summed E-state index contributed by atoms with van der Waals surface area (Å²) in [5.41, 5.74) is 1.90. The molecule has 2 aromatic carbocycles. The Morgan fingerprint density at radius 2 is 1.88 bits per heavy atom.